The van der Waals surface area contributed by atoms with Gasteiger partial charge in [0.25, 0.3) is 0 Å². The normalized spacial score (nSPS) is 13.2. The van der Waals surface area contributed by atoms with Gasteiger partial charge in [0.2, 0.25) is 0 Å². The molecule has 2 heterocycles. The summed E-state index contributed by atoms with van der Waals surface area (Å²) < 4.78 is 0. The Kier molecular flexibility index (Phi) is 4.13. The van der Waals surface area contributed by atoms with Crippen LogP contribution in [0.1, 0.15) is 43.9 Å². The Labute approximate surface area is 103 Å². The summed E-state index contributed by atoms with van der Waals surface area (Å²) in [6.45, 7) is 2.94. The van der Waals surface area contributed by atoms with Crippen LogP contribution in [0.4, 0.5) is 5.82 Å². The van der Waals surface area contributed by atoms with Crippen molar-refractivity contribution in [3.63, 3.8) is 0 Å². The van der Waals surface area contributed by atoms with Gasteiger partial charge < -0.3 is 5.32 Å². The molecule has 2 rings (SSSR count). The third kappa shape index (κ3) is 3.29. The molecular formula is C14H20N2O. The fraction of sp³-hybridized carbons (Fsp3) is 0.571. The summed E-state index contributed by atoms with van der Waals surface area (Å²) in [6.07, 6.45) is 5.50. The van der Waals surface area contributed by atoms with Crippen LogP contribution in [0.3, 0.4) is 0 Å². The molecule has 1 aromatic heterocycles. The van der Waals surface area contributed by atoms with Gasteiger partial charge in [-0.3, -0.25) is 4.79 Å². The molecule has 0 bridgehead atoms. The van der Waals surface area contributed by atoms with E-state index >= 15 is 0 Å². The first-order valence-electron chi connectivity index (χ1n) is 6.54. The van der Waals surface area contributed by atoms with Crippen LogP contribution >= 0.6 is 0 Å². The average Bonchev–Trinajstić information content (AvgIpc) is 2.81. The van der Waals surface area contributed by atoms with E-state index < -0.39 is 0 Å². The van der Waals surface area contributed by atoms with E-state index in [9.17, 15) is 4.79 Å². The van der Waals surface area contributed by atoms with Gasteiger partial charge in [0.05, 0.1) is 0 Å². The van der Waals surface area contributed by atoms with Crippen molar-refractivity contribution in [1.82, 2.24) is 4.98 Å². The molecule has 0 saturated carbocycles. The van der Waals surface area contributed by atoms with Gasteiger partial charge in [-0.05, 0) is 37.3 Å². The molecular weight excluding hydrogens is 212 g/mol. The van der Waals surface area contributed by atoms with Crippen LogP contribution in [0.15, 0.2) is 12.1 Å². The highest BCUT2D eigenvalue weighted by molar-refractivity contribution is 5.77. The number of nitrogens with one attached hydrogen (secondary N) is 1. The summed E-state index contributed by atoms with van der Waals surface area (Å²) >= 11 is 0. The number of aryl methyl sites for hydroxylation is 1. The number of aromatic nitrogens is 1. The molecule has 1 aromatic rings. The van der Waals surface area contributed by atoms with Crippen LogP contribution < -0.4 is 5.32 Å². The van der Waals surface area contributed by atoms with E-state index in [1.165, 1.54) is 5.56 Å². The number of rotatable bonds is 6. The quantitative estimate of drug-likeness (QED) is 0.767. The van der Waals surface area contributed by atoms with Crippen molar-refractivity contribution in [3.8, 4) is 0 Å². The first kappa shape index (κ1) is 12.1. The van der Waals surface area contributed by atoms with E-state index in [0.29, 0.717) is 12.2 Å². The van der Waals surface area contributed by atoms with Gasteiger partial charge in [-0.1, -0.05) is 13.0 Å². The molecule has 17 heavy (non-hydrogen) atoms. The van der Waals surface area contributed by atoms with Gasteiger partial charge in [0.15, 0.2) is 0 Å². The van der Waals surface area contributed by atoms with E-state index in [1.54, 1.807) is 0 Å². The lowest BCUT2D eigenvalue weighted by molar-refractivity contribution is -0.118. The number of carbonyl (C=O) groups excluding carboxylic acids is 1. The predicted octanol–water partition coefficient (Wildman–Crippen LogP) is 2.74. The molecule has 0 aromatic carbocycles. The summed E-state index contributed by atoms with van der Waals surface area (Å²) in [5.41, 5.74) is 2.47. The third-order valence-corrected chi connectivity index (χ3v) is 3.26. The summed E-state index contributed by atoms with van der Waals surface area (Å²) in [4.78, 5) is 15.7. The van der Waals surface area contributed by atoms with Crippen molar-refractivity contribution >= 4 is 11.6 Å². The average molecular weight is 232 g/mol. The number of hydrogen-bond acceptors (Lipinski definition) is 3. The maximum absolute atomic E-state index is 11.2. The highest BCUT2D eigenvalue weighted by atomic mass is 16.1. The van der Waals surface area contributed by atoms with E-state index in [0.717, 1.165) is 50.2 Å². The summed E-state index contributed by atoms with van der Waals surface area (Å²) in [6, 6.07) is 4.29. The molecule has 0 aliphatic carbocycles. The Hall–Kier alpha value is -1.38. The Morgan fingerprint density at radius 3 is 3.12 bits per heavy atom. The molecule has 92 valence electrons. The lowest BCUT2D eigenvalue weighted by atomic mass is 10.1. The minimum atomic E-state index is 0.369. The molecule has 0 fully saturated rings. The zero-order valence-electron chi connectivity index (χ0n) is 10.5. The second-order valence-electron chi connectivity index (χ2n) is 4.59. The fourth-order valence-electron chi connectivity index (χ4n) is 2.14. The van der Waals surface area contributed by atoms with Gasteiger partial charge in [0, 0.05) is 25.1 Å². The number of ketones is 1. The Morgan fingerprint density at radius 1 is 1.41 bits per heavy atom. The van der Waals surface area contributed by atoms with E-state index in [4.69, 9.17) is 0 Å². The number of Topliss-reactive ketones (excluding diaryl/α,β-unsaturated/α-hetero) is 1. The first-order valence-corrected chi connectivity index (χ1v) is 6.54. The molecule has 0 atom stereocenters. The number of carbonyl (C=O) groups is 1. The Morgan fingerprint density at radius 2 is 2.29 bits per heavy atom. The molecule has 1 aliphatic heterocycles. The summed E-state index contributed by atoms with van der Waals surface area (Å²) in [5, 5.41) is 3.29. The summed E-state index contributed by atoms with van der Waals surface area (Å²) in [5.74, 6) is 1.43. The minimum absolute atomic E-state index is 0.369. The number of pyridine rings is 1. The van der Waals surface area contributed by atoms with Crippen molar-refractivity contribution in [3.05, 3.63) is 23.4 Å². The lowest BCUT2D eigenvalue weighted by Crippen LogP contribution is -1.98. The van der Waals surface area contributed by atoms with Crippen molar-refractivity contribution in [2.24, 2.45) is 0 Å². The van der Waals surface area contributed by atoms with Crippen LogP contribution in [0.25, 0.3) is 0 Å². The van der Waals surface area contributed by atoms with Crippen LogP contribution in [0.2, 0.25) is 0 Å². The zero-order chi connectivity index (χ0) is 12.1. The monoisotopic (exact) mass is 232 g/mol. The summed E-state index contributed by atoms with van der Waals surface area (Å²) in [7, 11) is 0. The molecule has 0 saturated heterocycles. The number of unbranched alkanes of at least 4 members (excludes halogenated alkanes) is 1. The Bertz CT molecular complexity index is 401. The molecule has 0 spiro atoms. The SMILES string of the molecule is CCC(=O)CCCCc1ccc2c(n1)NCC2. The molecule has 0 unspecified atom stereocenters. The van der Waals surface area contributed by atoms with Crippen LogP contribution in [0, 0.1) is 0 Å². The second kappa shape index (κ2) is 5.80. The second-order valence-corrected chi connectivity index (χ2v) is 4.59. The Balaban J connectivity index is 1.78. The molecule has 3 heteroatoms. The first-order chi connectivity index (χ1) is 8.29. The van der Waals surface area contributed by atoms with Gasteiger partial charge in [-0.25, -0.2) is 4.98 Å². The van der Waals surface area contributed by atoms with Crippen LogP contribution in [-0.4, -0.2) is 17.3 Å². The number of nitrogens with zero attached hydrogens (tertiary/aromatic N) is 1. The molecule has 0 amide bonds. The zero-order valence-corrected chi connectivity index (χ0v) is 10.5. The largest absolute Gasteiger partial charge is 0.370 e. The van der Waals surface area contributed by atoms with Gasteiger partial charge >= 0.3 is 0 Å². The topological polar surface area (TPSA) is 42.0 Å². The number of hydrogen-bond donors (Lipinski definition) is 1. The van der Waals surface area contributed by atoms with E-state index in [1.807, 2.05) is 6.92 Å². The molecule has 1 N–H and O–H groups in total. The maximum Gasteiger partial charge on any atom is 0.132 e. The van der Waals surface area contributed by atoms with E-state index in [-0.39, 0.29) is 0 Å². The van der Waals surface area contributed by atoms with Gasteiger partial charge in [-0.2, -0.15) is 0 Å². The third-order valence-electron chi connectivity index (χ3n) is 3.26. The fourth-order valence-corrected chi connectivity index (χ4v) is 2.14. The van der Waals surface area contributed by atoms with Crippen LogP contribution in [-0.2, 0) is 17.6 Å². The molecule has 0 radical (unpaired) electrons. The number of anilines is 1. The molecule has 3 nitrogen and oxygen atoms in total. The van der Waals surface area contributed by atoms with Crippen molar-refractivity contribution < 1.29 is 4.79 Å². The van der Waals surface area contributed by atoms with Gasteiger partial charge in [-0.15, -0.1) is 0 Å². The number of fused-ring (bicyclic) bond motifs is 1. The molecule has 1 aliphatic rings. The lowest BCUT2D eigenvalue weighted by Gasteiger charge is -2.04. The highest BCUT2D eigenvalue weighted by Crippen LogP contribution is 2.20. The van der Waals surface area contributed by atoms with Crippen LogP contribution in [0.5, 0.6) is 0 Å². The predicted molar refractivity (Wildman–Crippen MR) is 69.3 cm³/mol. The maximum atomic E-state index is 11.2. The van der Waals surface area contributed by atoms with Crippen molar-refractivity contribution in [2.45, 2.75) is 45.4 Å². The smallest absolute Gasteiger partial charge is 0.132 e. The highest BCUT2D eigenvalue weighted by Gasteiger charge is 2.11. The van der Waals surface area contributed by atoms with Gasteiger partial charge in [0.1, 0.15) is 11.6 Å². The van der Waals surface area contributed by atoms with E-state index in [2.05, 4.69) is 22.4 Å². The van der Waals surface area contributed by atoms with Crippen molar-refractivity contribution in [2.75, 3.05) is 11.9 Å². The standard InChI is InChI=1S/C14H20N2O/c1-2-13(17)6-4-3-5-12-8-7-11-9-10-15-14(11)16-12/h7-8H,2-6,9-10H2,1H3,(H,15,16). The van der Waals surface area contributed by atoms with Crippen molar-refractivity contribution in [1.29, 1.82) is 0 Å². The minimum Gasteiger partial charge on any atom is -0.370 e.